The van der Waals surface area contributed by atoms with E-state index in [0.29, 0.717) is 39.7 Å². The molecule has 1 unspecified atom stereocenters. The van der Waals surface area contributed by atoms with Gasteiger partial charge in [-0.1, -0.05) is 11.6 Å². The number of fused-ring (bicyclic) bond motifs is 2. The van der Waals surface area contributed by atoms with Gasteiger partial charge < -0.3 is 15.0 Å². The fraction of sp³-hybridized carbons (Fsp3) is 0.300. The first-order valence-corrected chi connectivity index (χ1v) is 9.83. The summed E-state index contributed by atoms with van der Waals surface area (Å²) in [6.45, 7) is 1.28. The molecular weight excluding hydrogens is 392 g/mol. The minimum absolute atomic E-state index is 0.0156. The van der Waals surface area contributed by atoms with Gasteiger partial charge in [-0.3, -0.25) is 9.48 Å². The Bertz CT molecular complexity index is 1220. The van der Waals surface area contributed by atoms with Crippen LogP contribution in [0, 0.1) is 0 Å². The van der Waals surface area contributed by atoms with Gasteiger partial charge in [0, 0.05) is 30.3 Å². The molecule has 0 spiro atoms. The molecule has 8 nitrogen and oxygen atoms in total. The molecule has 5 rings (SSSR count). The molecule has 1 saturated heterocycles. The van der Waals surface area contributed by atoms with Gasteiger partial charge in [-0.2, -0.15) is 5.10 Å². The van der Waals surface area contributed by atoms with Gasteiger partial charge in [0.2, 0.25) is 0 Å². The molecule has 0 radical (unpaired) electrons. The van der Waals surface area contributed by atoms with Crippen LogP contribution in [0.4, 0.5) is 0 Å². The van der Waals surface area contributed by atoms with Crippen molar-refractivity contribution in [3.05, 3.63) is 41.2 Å². The number of nitrogens with zero attached hydrogens (tertiary/aromatic N) is 4. The molecule has 2 N–H and O–H groups in total. The Morgan fingerprint density at radius 2 is 2.31 bits per heavy atom. The molecule has 1 aliphatic heterocycles. The third kappa shape index (κ3) is 3.24. The fourth-order valence-corrected chi connectivity index (χ4v) is 3.88. The maximum absolute atomic E-state index is 12.8. The highest BCUT2D eigenvalue weighted by Gasteiger charge is 2.21. The second kappa shape index (κ2) is 7.13. The van der Waals surface area contributed by atoms with Crippen molar-refractivity contribution in [1.29, 1.82) is 0 Å². The van der Waals surface area contributed by atoms with Crippen LogP contribution in [0.5, 0.6) is 0 Å². The predicted molar refractivity (Wildman–Crippen MR) is 110 cm³/mol. The molecule has 4 aromatic rings. The summed E-state index contributed by atoms with van der Waals surface area (Å²) in [5.41, 5.74) is 3.73. The standard InChI is InChI=1S/C20H19ClN6O2/c1-27-16-7-11(21)4-5-13(16)17(26-27)15-9-23-19-18(25-15)14(8-22-19)20(28)24-12-3-2-6-29-10-12/h4-5,7-9,12H,2-3,6,10H2,1H3,(H,22,23)(H,24,28). The van der Waals surface area contributed by atoms with Crippen LogP contribution in [0.15, 0.2) is 30.6 Å². The van der Waals surface area contributed by atoms with Crippen molar-refractivity contribution < 1.29 is 9.53 Å². The maximum atomic E-state index is 12.8. The highest BCUT2D eigenvalue weighted by atomic mass is 35.5. The normalized spacial score (nSPS) is 17.1. The van der Waals surface area contributed by atoms with E-state index in [0.717, 1.165) is 30.4 Å². The molecule has 1 fully saturated rings. The Labute approximate surface area is 171 Å². The number of hydrogen-bond donors (Lipinski definition) is 2. The molecule has 1 atom stereocenters. The minimum atomic E-state index is -0.184. The Hall–Kier alpha value is -2.97. The Balaban J connectivity index is 1.54. The van der Waals surface area contributed by atoms with E-state index in [4.69, 9.17) is 21.3 Å². The van der Waals surface area contributed by atoms with E-state index in [9.17, 15) is 4.79 Å². The summed E-state index contributed by atoms with van der Waals surface area (Å²) in [5.74, 6) is -0.184. The topological polar surface area (TPSA) is 97.7 Å². The third-order valence-corrected chi connectivity index (χ3v) is 5.41. The number of nitrogens with one attached hydrogen (secondary N) is 2. The number of hydrogen-bond acceptors (Lipinski definition) is 5. The van der Waals surface area contributed by atoms with Crippen LogP contribution >= 0.6 is 11.6 Å². The third-order valence-electron chi connectivity index (χ3n) is 5.18. The smallest absolute Gasteiger partial charge is 0.255 e. The summed E-state index contributed by atoms with van der Waals surface area (Å²) >= 11 is 6.12. The number of carbonyl (C=O) groups is 1. The van der Waals surface area contributed by atoms with E-state index in [1.54, 1.807) is 17.1 Å². The maximum Gasteiger partial charge on any atom is 0.255 e. The summed E-state index contributed by atoms with van der Waals surface area (Å²) in [4.78, 5) is 25.0. The van der Waals surface area contributed by atoms with Gasteiger partial charge in [-0.05, 0) is 31.0 Å². The largest absolute Gasteiger partial charge is 0.379 e. The zero-order valence-corrected chi connectivity index (χ0v) is 16.5. The molecule has 0 bridgehead atoms. The fourth-order valence-electron chi connectivity index (χ4n) is 3.72. The Morgan fingerprint density at radius 3 is 3.14 bits per heavy atom. The lowest BCUT2D eigenvalue weighted by Gasteiger charge is -2.22. The molecule has 3 aromatic heterocycles. The highest BCUT2D eigenvalue weighted by molar-refractivity contribution is 6.31. The zero-order chi connectivity index (χ0) is 20.0. The molecular formula is C20H19ClN6O2. The minimum Gasteiger partial charge on any atom is -0.379 e. The van der Waals surface area contributed by atoms with Crippen LogP contribution in [0.25, 0.3) is 33.5 Å². The van der Waals surface area contributed by atoms with Gasteiger partial charge in [0.05, 0.1) is 29.9 Å². The van der Waals surface area contributed by atoms with Gasteiger partial charge in [0.15, 0.2) is 5.65 Å². The van der Waals surface area contributed by atoms with Crippen molar-refractivity contribution in [2.45, 2.75) is 18.9 Å². The number of benzene rings is 1. The number of aromatic amines is 1. The van der Waals surface area contributed by atoms with Crippen molar-refractivity contribution in [2.75, 3.05) is 13.2 Å². The number of ether oxygens (including phenoxy) is 1. The van der Waals surface area contributed by atoms with Crippen molar-refractivity contribution in [3.63, 3.8) is 0 Å². The lowest BCUT2D eigenvalue weighted by atomic mass is 10.1. The van der Waals surface area contributed by atoms with Crippen molar-refractivity contribution >= 4 is 39.6 Å². The summed E-state index contributed by atoms with van der Waals surface area (Å²) < 4.78 is 7.21. The first kappa shape index (κ1) is 18.1. The monoisotopic (exact) mass is 410 g/mol. The second-order valence-electron chi connectivity index (χ2n) is 7.18. The van der Waals surface area contributed by atoms with Gasteiger partial charge >= 0.3 is 0 Å². The van der Waals surface area contributed by atoms with E-state index < -0.39 is 0 Å². The van der Waals surface area contributed by atoms with Crippen LogP contribution in [-0.2, 0) is 11.8 Å². The van der Waals surface area contributed by atoms with Crippen LogP contribution in [0.3, 0.4) is 0 Å². The van der Waals surface area contributed by atoms with Crippen molar-refractivity contribution in [2.24, 2.45) is 7.05 Å². The highest BCUT2D eigenvalue weighted by Crippen LogP contribution is 2.29. The quantitative estimate of drug-likeness (QED) is 0.541. The Kier molecular flexibility index (Phi) is 4.44. The molecule has 1 aliphatic rings. The average molecular weight is 411 g/mol. The zero-order valence-electron chi connectivity index (χ0n) is 15.8. The summed E-state index contributed by atoms with van der Waals surface area (Å²) in [6.07, 6.45) is 5.16. The summed E-state index contributed by atoms with van der Waals surface area (Å²) in [6, 6.07) is 5.62. The molecule has 29 heavy (non-hydrogen) atoms. The molecule has 4 heterocycles. The SMILES string of the molecule is Cn1nc(-c2cnc3[nH]cc(C(=O)NC4CCCOC4)c3n2)c2ccc(Cl)cc21. The van der Waals surface area contributed by atoms with Gasteiger partial charge in [0.1, 0.15) is 16.9 Å². The lowest BCUT2D eigenvalue weighted by molar-refractivity contribution is 0.0625. The molecule has 0 saturated carbocycles. The van der Waals surface area contributed by atoms with Crippen molar-refractivity contribution in [1.82, 2.24) is 30.0 Å². The van der Waals surface area contributed by atoms with Crippen LogP contribution in [0.1, 0.15) is 23.2 Å². The molecule has 0 aliphatic carbocycles. The molecule has 9 heteroatoms. The molecule has 148 valence electrons. The van der Waals surface area contributed by atoms with E-state index in [-0.39, 0.29) is 11.9 Å². The number of halogens is 1. The number of H-pyrrole nitrogens is 1. The van der Waals surface area contributed by atoms with Crippen LogP contribution in [-0.4, -0.2) is 49.9 Å². The van der Waals surface area contributed by atoms with Crippen LogP contribution < -0.4 is 5.32 Å². The lowest BCUT2D eigenvalue weighted by Crippen LogP contribution is -2.40. The number of amides is 1. The van der Waals surface area contributed by atoms with E-state index >= 15 is 0 Å². The average Bonchev–Trinajstić information content (AvgIpc) is 3.29. The van der Waals surface area contributed by atoms with E-state index in [1.165, 1.54) is 0 Å². The number of aromatic nitrogens is 5. The van der Waals surface area contributed by atoms with E-state index in [1.807, 2.05) is 25.2 Å². The number of aryl methyl sites for hydroxylation is 1. The first-order valence-electron chi connectivity index (χ1n) is 9.45. The van der Waals surface area contributed by atoms with Crippen LogP contribution in [0.2, 0.25) is 5.02 Å². The molecule has 1 amide bonds. The summed E-state index contributed by atoms with van der Waals surface area (Å²) in [5, 5.41) is 9.18. The van der Waals surface area contributed by atoms with Crippen molar-refractivity contribution in [3.8, 4) is 11.4 Å². The Morgan fingerprint density at radius 1 is 1.41 bits per heavy atom. The number of rotatable bonds is 3. The van der Waals surface area contributed by atoms with Gasteiger partial charge in [-0.25, -0.2) is 9.97 Å². The summed E-state index contributed by atoms with van der Waals surface area (Å²) in [7, 11) is 1.86. The molecule has 1 aromatic carbocycles. The number of carbonyl (C=O) groups excluding carboxylic acids is 1. The predicted octanol–water partition coefficient (Wildman–Crippen LogP) is 3.07. The van der Waals surface area contributed by atoms with E-state index in [2.05, 4.69) is 20.4 Å². The first-order chi connectivity index (χ1) is 14.1. The van der Waals surface area contributed by atoms with Gasteiger partial charge in [-0.15, -0.1) is 0 Å². The second-order valence-corrected chi connectivity index (χ2v) is 7.61. The van der Waals surface area contributed by atoms with Gasteiger partial charge in [0.25, 0.3) is 5.91 Å².